The number of rotatable bonds is 11. The van der Waals surface area contributed by atoms with E-state index >= 15 is 0 Å². The number of aliphatic hydroxyl groups excluding tert-OH is 1. The maximum absolute atomic E-state index is 13.3. The van der Waals surface area contributed by atoms with E-state index in [1.54, 1.807) is 12.1 Å². The van der Waals surface area contributed by atoms with Crippen LogP contribution in [0.5, 0.6) is 5.75 Å². The van der Waals surface area contributed by atoms with Crippen molar-refractivity contribution in [2.75, 3.05) is 6.61 Å². The molecule has 3 rings (SSSR count). The fraction of sp³-hybridized carbons (Fsp3) is 0.308. The van der Waals surface area contributed by atoms with E-state index in [4.69, 9.17) is 9.47 Å². The zero-order valence-electron chi connectivity index (χ0n) is 17.3. The highest BCUT2D eigenvalue weighted by atomic mass is 19.1. The van der Waals surface area contributed by atoms with Crippen LogP contribution in [0.2, 0.25) is 0 Å². The molecule has 0 radical (unpaired) electrons. The molecular weight excluding hydrogens is 379 g/mol. The molecule has 3 aromatic rings. The topological polar surface area (TPSA) is 38.7 Å². The summed E-state index contributed by atoms with van der Waals surface area (Å²) in [5.41, 5.74) is 2.10. The monoisotopic (exact) mass is 408 g/mol. The van der Waals surface area contributed by atoms with Crippen LogP contribution in [0, 0.1) is 11.7 Å². The lowest BCUT2D eigenvalue weighted by Crippen LogP contribution is -2.40. The van der Waals surface area contributed by atoms with Crippen LogP contribution >= 0.6 is 0 Å². The van der Waals surface area contributed by atoms with Gasteiger partial charge in [0.25, 0.3) is 0 Å². The van der Waals surface area contributed by atoms with E-state index in [1.165, 1.54) is 12.1 Å². The molecule has 0 amide bonds. The highest BCUT2D eigenvalue weighted by Gasteiger charge is 2.30. The van der Waals surface area contributed by atoms with Crippen molar-refractivity contribution in [3.8, 4) is 5.75 Å². The first kappa shape index (κ1) is 22.0. The predicted octanol–water partition coefficient (Wildman–Crippen LogP) is 5.42. The van der Waals surface area contributed by atoms with Gasteiger partial charge < -0.3 is 14.6 Å². The Bertz CT molecular complexity index is 852. The number of ether oxygens (including phenoxy) is 2. The van der Waals surface area contributed by atoms with Crippen LogP contribution in [-0.4, -0.2) is 23.9 Å². The van der Waals surface area contributed by atoms with Crippen molar-refractivity contribution in [3.63, 3.8) is 0 Å². The Morgan fingerprint density at radius 3 is 2.10 bits per heavy atom. The van der Waals surface area contributed by atoms with Gasteiger partial charge in [0.1, 0.15) is 17.7 Å². The molecule has 0 aromatic heterocycles. The van der Waals surface area contributed by atoms with Gasteiger partial charge in [-0.05, 0) is 55.2 Å². The number of hydrogen-bond donors (Lipinski definition) is 1. The smallest absolute Gasteiger partial charge is 0.128 e. The Balaban J connectivity index is 1.78. The third kappa shape index (κ3) is 6.68. The summed E-state index contributed by atoms with van der Waals surface area (Å²) in [6.07, 6.45) is 0.751. The van der Waals surface area contributed by atoms with E-state index in [-0.39, 0.29) is 30.5 Å². The molecule has 3 aromatic carbocycles. The summed E-state index contributed by atoms with van der Waals surface area (Å²) in [4.78, 5) is 0. The van der Waals surface area contributed by atoms with Crippen LogP contribution in [0.3, 0.4) is 0 Å². The number of para-hydroxylation sites is 1. The largest absolute Gasteiger partial charge is 0.487 e. The van der Waals surface area contributed by atoms with Gasteiger partial charge in [-0.1, -0.05) is 60.7 Å². The normalized spacial score (nSPS) is 14.1. The minimum atomic E-state index is -0.270. The van der Waals surface area contributed by atoms with E-state index in [2.05, 4.69) is 0 Å². The van der Waals surface area contributed by atoms with Gasteiger partial charge in [0.05, 0.1) is 12.7 Å². The van der Waals surface area contributed by atoms with Crippen molar-refractivity contribution in [1.29, 1.82) is 0 Å². The molecule has 0 saturated heterocycles. The van der Waals surface area contributed by atoms with Gasteiger partial charge in [0.2, 0.25) is 0 Å². The fourth-order valence-corrected chi connectivity index (χ4v) is 3.60. The average molecular weight is 409 g/mol. The number of aliphatic hydroxyl groups is 1. The van der Waals surface area contributed by atoms with Crippen LogP contribution in [0.4, 0.5) is 4.39 Å². The van der Waals surface area contributed by atoms with Gasteiger partial charge in [0, 0.05) is 12.5 Å². The van der Waals surface area contributed by atoms with Gasteiger partial charge >= 0.3 is 0 Å². The summed E-state index contributed by atoms with van der Waals surface area (Å²) in [6.45, 7) is 2.54. The Hall–Kier alpha value is -2.69. The molecular formula is C26H29FO3. The molecule has 0 fully saturated rings. The van der Waals surface area contributed by atoms with Gasteiger partial charge in [-0.2, -0.15) is 0 Å². The SMILES string of the molecule is C[C@H](OCc1ccccc1)[C@H](Oc1ccccc1)[C@H](CCO)Cc1ccc(F)cc1. The Morgan fingerprint density at radius 2 is 1.47 bits per heavy atom. The third-order valence-electron chi connectivity index (χ3n) is 5.21. The summed E-state index contributed by atoms with van der Waals surface area (Å²) in [5.74, 6) is 0.514. The zero-order chi connectivity index (χ0) is 21.2. The molecule has 0 aliphatic heterocycles. The van der Waals surface area contributed by atoms with Gasteiger partial charge in [-0.3, -0.25) is 0 Å². The summed E-state index contributed by atoms with van der Waals surface area (Å²) in [7, 11) is 0. The van der Waals surface area contributed by atoms with Crippen molar-refractivity contribution in [1.82, 2.24) is 0 Å². The second-order valence-corrected chi connectivity index (χ2v) is 7.50. The van der Waals surface area contributed by atoms with E-state index in [0.717, 1.165) is 16.9 Å². The summed E-state index contributed by atoms with van der Waals surface area (Å²) in [6, 6.07) is 26.2. The van der Waals surface area contributed by atoms with Gasteiger partial charge in [-0.15, -0.1) is 0 Å². The van der Waals surface area contributed by atoms with Crippen molar-refractivity contribution in [2.45, 2.75) is 38.6 Å². The second kappa shape index (κ2) is 11.5. The molecule has 0 saturated carbocycles. The summed E-state index contributed by atoms with van der Waals surface area (Å²) < 4.78 is 25.9. The lowest BCUT2D eigenvalue weighted by molar-refractivity contribution is -0.0507. The standard InChI is InChI=1S/C26H29FO3/c1-20(29-19-22-8-4-2-5-9-22)26(30-25-10-6-3-7-11-25)23(16-17-28)18-21-12-14-24(27)15-13-21/h2-15,20,23,26,28H,16-19H2,1H3/t20-,23+,26-/m0/s1. The summed E-state index contributed by atoms with van der Waals surface area (Å²) >= 11 is 0. The lowest BCUT2D eigenvalue weighted by atomic mass is 9.88. The van der Waals surface area contributed by atoms with Crippen LogP contribution in [0.1, 0.15) is 24.5 Å². The fourth-order valence-electron chi connectivity index (χ4n) is 3.60. The summed E-state index contributed by atoms with van der Waals surface area (Å²) in [5, 5.41) is 9.71. The van der Waals surface area contributed by atoms with Crippen molar-refractivity contribution < 1.29 is 19.0 Å². The first-order valence-electron chi connectivity index (χ1n) is 10.4. The zero-order valence-corrected chi connectivity index (χ0v) is 17.3. The van der Waals surface area contributed by atoms with E-state index in [0.29, 0.717) is 19.4 Å². The van der Waals surface area contributed by atoms with E-state index < -0.39 is 0 Å². The minimum absolute atomic E-state index is 0.00596. The highest BCUT2D eigenvalue weighted by Crippen LogP contribution is 2.26. The van der Waals surface area contributed by atoms with Gasteiger partial charge in [-0.25, -0.2) is 4.39 Å². The predicted molar refractivity (Wildman–Crippen MR) is 117 cm³/mol. The maximum atomic E-state index is 13.3. The molecule has 3 nitrogen and oxygen atoms in total. The molecule has 3 atom stereocenters. The molecule has 0 bridgehead atoms. The number of benzene rings is 3. The van der Waals surface area contributed by atoms with Crippen LogP contribution < -0.4 is 4.74 Å². The number of hydrogen-bond acceptors (Lipinski definition) is 3. The molecule has 0 spiro atoms. The molecule has 0 aliphatic carbocycles. The quantitative estimate of drug-likeness (QED) is 0.460. The second-order valence-electron chi connectivity index (χ2n) is 7.50. The van der Waals surface area contributed by atoms with Crippen LogP contribution in [0.25, 0.3) is 0 Å². The van der Waals surface area contributed by atoms with E-state index in [1.807, 2.05) is 67.6 Å². The third-order valence-corrected chi connectivity index (χ3v) is 5.21. The van der Waals surface area contributed by atoms with E-state index in [9.17, 15) is 9.50 Å². The molecule has 0 unspecified atom stereocenters. The van der Waals surface area contributed by atoms with Gasteiger partial charge in [0.15, 0.2) is 0 Å². The lowest BCUT2D eigenvalue weighted by Gasteiger charge is -2.32. The molecule has 30 heavy (non-hydrogen) atoms. The first-order chi connectivity index (χ1) is 14.7. The molecule has 0 aliphatic rings. The van der Waals surface area contributed by atoms with Crippen molar-refractivity contribution >= 4 is 0 Å². The first-order valence-corrected chi connectivity index (χ1v) is 10.4. The van der Waals surface area contributed by atoms with Crippen LogP contribution in [-0.2, 0) is 17.8 Å². The Kier molecular flexibility index (Phi) is 8.42. The molecule has 158 valence electrons. The molecule has 1 N–H and O–H groups in total. The minimum Gasteiger partial charge on any atom is -0.487 e. The van der Waals surface area contributed by atoms with Crippen LogP contribution in [0.15, 0.2) is 84.9 Å². The maximum Gasteiger partial charge on any atom is 0.128 e. The Labute approximate surface area is 178 Å². The number of halogens is 1. The average Bonchev–Trinajstić information content (AvgIpc) is 2.78. The van der Waals surface area contributed by atoms with Crippen molar-refractivity contribution in [2.24, 2.45) is 5.92 Å². The van der Waals surface area contributed by atoms with Crippen molar-refractivity contribution in [3.05, 3.63) is 102 Å². The molecule has 4 heteroatoms. The Morgan fingerprint density at radius 1 is 0.833 bits per heavy atom. The molecule has 0 heterocycles. The highest BCUT2D eigenvalue weighted by molar-refractivity contribution is 5.22.